The Balaban J connectivity index is 1.91. The van der Waals surface area contributed by atoms with E-state index in [2.05, 4.69) is 20.1 Å². The molecular weight excluding hydrogens is 437 g/mol. The number of H-pyrrole nitrogens is 1. The Morgan fingerprint density at radius 1 is 0.968 bits per heavy atom. The first-order valence-electron chi connectivity index (χ1n) is 8.17. The summed E-state index contributed by atoms with van der Waals surface area (Å²) in [5.41, 5.74) is -1.82. The molecule has 0 aliphatic carbocycles. The van der Waals surface area contributed by atoms with Crippen molar-refractivity contribution in [2.24, 2.45) is 0 Å². The molecule has 1 N–H and O–H groups in total. The highest BCUT2D eigenvalue weighted by Crippen LogP contribution is 2.34. The zero-order valence-corrected chi connectivity index (χ0v) is 15.0. The number of alkyl halides is 6. The summed E-state index contributed by atoms with van der Waals surface area (Å²) in [6, 6.07) is 6.42. The van der Waals surface area contributed by atoms with Gasteiger partial charge in [-0.3, -0.25) is 0 Å². The van der Waals surface area contributed by atoms with Crippen molar-refractivity contribution in [3.05, 3.63) is 59.0 Å². The average molecular weight is 446 g/mol. The Labute approximate surface area is 168 Å². The zero-order valence-electron chi connectivity index (χ0n) is 15.0. The van der Waals surface area contributed by atoms with Crippen molar-refractivity contribution >= 4 is 0 Å². The largest absolute Gasteiger partial charge is 0.573 e. The highest BCUT2D eigenvalue weighted by molar-refractivity contribution is 5.67. The fraction of sp³-hybridized carbons (Fsp3) is 0.167. The third-order valence-electron chi connectivity index (χ3n) is 3.82. The van der Waals surface area contributed by atoms with Crippen LogP contribution in [0.3, 0.4) is 0 Å². The molecule has 3 aromatic rings. The van der Waals surface area contributed by atoms with Gasteiger partial charge in [0.1, 0.15) is 35.7 Å². The first-order valence-corrected chi connectivity index (χ1v) is 8.17. The Bertz CT molecular complexity index is 1130. The van der Waals surface area contributed by atoms with Gasteiger partial charge in [0.25, 0.3) is 0 Å². The van der Waals surface area contributed by atoms with Crippen molar-refractivity contribution in [3.63, 3.8) is 0 Å². The van der Waals surface area contributed by atoms with E-state index >= 15 is 0 Å². The topological polar surface area (TPSA) is 83.8 Å². The lowest BCUT2D eigenvalue weighted by Gasteiger charge is -2.14. The van der Waals surface area contributed by atoms with Crippen LogP contribution in [0.2, 0.25) is 0 Å². The molecule has 1 heterocycles. The molecule has 13 heteroatoms. The van der Waals surface area contributed by atoms with Gasteiger partial charge in [0.2, 0.25) is 0 Å². The monoisotopic (exact) mass is 446 g/mol. The number of hydrogen-bond donors (Lipinski definition) is 1. The number of benzene rings is 2. The van der Waals surface area contributed by atoms with Crippen molar-refractivity contribution in [1.82, 2.24) is 15.4 Å². The lowest BCUT2D eigenvalue weighted by Crippen LogP contribution is -2.17. The summed E-state index contributed by atoms with van der Waals surface area (Å²) >= 11 is 0. The molecule has 0 bridgehead atoms. The van der Waals surface area contributed by atoms with Gasteiger partial charge in [0.15, 0.2) is 5.69 Å². The van der Waals surface area contributed by atoms with Crippen molar-refractivity contribution in [1.29, 1.82) is 5.26 Å². The van der Waals surface area contributed by atoms with Crippen molar-refractivity contribution in [2.45, 2.75) is 19.1 Å². The van der Waals surface area contributed by atoms with Gasteiger partial charge in [-0.15, -0.1) is 18.3 Å². The van der Waals surface area contributed by atoms with E-state index in [1.54, 1.807) is 6.07 Å². The quantitative estimate of drug-likeness (QED) is 0.559. The van der Waals surface area contributed by atoms with Crippen LogP contribution in [0.5, 0.6) is 11.5 Å². The molecule has 0 aliphatic heterocycles. The van der Waals surface area contributed by atoms with Crippen LogP contribution in [-0.4, -0.2) is 21.8 Å². The number of hydrogen-bond acceptors (Lipinski definition) is 5. The molecule has 0 radical (unpaired) electrons. The van der Waals surface area contributed by atoms with Gasteiger partial charge >= 0.3 is 12.5 Å². The number of nitrogens with one attached hydrogen (secondary N) is 1. The normalized spacial score (nSPS) is 11.8. The standard InChI is InChI=1S/C18H9F7N4O2/c19-14-5-11(17(20,21)22)2-1-9(14)8-30-12-3-10(16-15(7-26)27-29-28-16)4-13(6-12)31-18(23,24)25/h1-6H,8H2,(H,27,28,29). The molecule has 0 fully saturated rings. The van der Waals surface area contributed by atoms with Crippen LogP contribution in [0.1, 0.15) is 16.8 Å². The minimum absolute atomic E-state index is 0.0325. The summed E-state index contributed by atoms with van der Waals surface area (Å²) in [5.74, 6) is -2.18. The Hall–Kier alpha value is -3.82. The van der Waals surface area contributed by atoms with E-state index in [1.165, 1.54) is 6.07 Å². The van der Waals surface area contributed by atoms with Gasteiger partial charge in [-0.25, -0.2) is 4.39 Å². The van der Waals surface area contributed by atoms with Crippen molar-refractivity contribution < 1.29 is 40.2 Å². The lowest BCUT2D eigenvalue weighted by molar-refractivity contribution is -0.274. The van der Waals surface area contributed by atoms with Crippen LogP contribution in [0.25, 0.3) is 11.3 Å². The van der Waals surface area contributed by atoms with Gasteiger partial charge in [-0.05, 0) is 24.3 Å². The molecule has 3 rings (SSSR count). The van der Waals surface area contributed by atoms with E-state index in [9.17, 15) is 30.7 Å². The fourth-order valence-corrected chi connectivity index (χ4v) is 2.50. The number of rotatable bonds is 5. The molecule has 0 saturated carbocycles. The molecule has 2 aromatic carbocycles. The molecule has 0 amide bonds. The molecule has 31 heavy (non-hydrogen) atoms. The summed E-state index contributed by atoms with van der Waals surface area (Å²) in [6.07, 6.45) is -9.79. The second-order valence-electron chi connectivity index (χ2n) is 5.97. The maximum atomic E-state index is 14.0. The smallest absolute Gasteiger partial charge is 0.489 e. The molecule has 0 atom stereocenters. The predicted molar refractivity (Wildman–Crippen MR) is 89.0 cm³/mol. The van der Waals surface area contributed by atoms with Gasteiger partial charge in [-0.2, -0.15) is 28.7 Å². The maximum absolute atomic E-state index is 14.0. The second kappa shape index (κ2) is 8.13. The first-order chi connectivity index (χ1) is 14.5. The first kappa shape index (κ1) is 21.9. The minimum Gasteiger partial charge on any atom is -0.489 e. The number of ether oxygens (including phenoxy) is 2. The number of halogens is 7. The van der Waals surface area contributed by atoms with Crippen molar-refractivity contribution in [2.75, 3.05) is 0 Å². The summed E-state index contributed by atoms with van der Waals surface area (Å²) < 4.78 is 98.9. The summed E-state index contributed by atoms with van der Waals surface area (Å²) in [6.45, 7) is -0.594. The van der Waals surface area contributed by atoms with Gasteiger partial charge in [0, 0.05) is 17.2 Å². The average Bonchev–Trinajstić information content (AvgIpc) is 3.13. The fourth-order valence-electron chi connectivity index (χ4n) is 2.50. The van der Waals surface area contributed by atoms with E-state index in [-0.39, 0.29) is 34.3 Å². The zero-order chi connectivity index (χ0) is 22.8. The molecule has 0 unspecified atom stereocenters. The van der Waals surface area contributed by atoms with Gasteiger partial charge in [0.05, 0.1) is 5.56 Å². The number of nitriles is 1. The van der Waals surface area contributed by atoms with Crippen LogP contribution >= 0.6 is 0 Å². The molecule has 0 saturated heterocycles. The number of aromatic amines is 1. The number of nitrogens with zero attached hydrogens (tertiary/aromatic N) is 3. The van der Waals surface area contributed by atoms with E-state index in [0.29, 0.717) is 6.07 Å². The van der Waals surface area contributed by atoms with E-state index in [0.717, 1.165) is 18.2 Å². The molecule has 1 aromatic heterocycles. The maximum Gasteiger partial charge on any atom is 0.573 e. The minimum atomic E-state index is -5.04. The van der Waals surface area contributed by atoms with E-state index in [4.69, 9.17) is 10.00 Å². The summed E-state index contributed by atoms with van der Waals surface area (Å²) in [7, 11) is 0. The van der Waals surface area contributed by atoms with Crippen molar-refractivity contribution in [3.8, 4) is 28.8 Å². The van der Waals surface area contributed by atoms with Crippen LogP contribution < -0.4 is 9.47 Å². The second-order valence-corrected chi connectivity index (χ2v) is 5.97. The van der Waals surface area contributed by atoms with Crippen LogP contribution in [0.15, 0.2) is 36.4 Å². The van der Waals surface area contributed by atoms with E-state index in [1.807, 2.05) is 0 Å². The Morgan fingerprint density at radius 2 is 1.68 bits per heavy atom. The van der Waals surface area contributed by atoms with Gasteiger partial charge < -0.3 is 9.47 Å². The number of aromatic nitrogens is 3. The van der Waals surface area contributed by atoms with Crippen LogP contribution in [0, 0.1) is 17.1 Å². The Kier molecular flexibility index (Phi) is 5.74. The molecule has 0 spiro atoms. The highest BCUT2D eigenvalue weighted by atomic mass is 19.4. The summed E-state index contributed by atoms with van der Waals surface area (Å²) in [4.78, 5) is 0. The Morgan fingerprint density at radius 3 is 2.29 bits per heavy atom. The van der Waals surface area contributed by atoms with Crippen LogP contribution in [0.4, 0.5) is 30.7 Å². The predicted octanol–water partition coefficient (Wildman–Crippen LogP) is 4.98. The van der Waals surface area contributed by atoms with Gasteiger partial charge in [-0.1, -0.05) is 6.07 Å². The third-order valence-corrected chi connectivity index (χ3v) is 3.82. The third kappa shape index (κ3) is 5.41. The molecule has 0 aliphatic rings. The SMILES string of the molecule is N#Cc1n[nH]nc1-c1cc(OCc2ccc(C(F)(F)F)cc2F)cc(OC(F)(F)F)c1. The van der Waals surface area contributed by atoms with E-state index < -0.39 is 36.3 Å². The summed E-state index contributed by atoms with van der Waals surface area (Å²) in [5, 5.41) is 18.4. The lowest BCUT2D eigenvalue weighted by atomic mass is 10.1. The highest BCUT2D eigenvalue weighted by Gasteiger charge is 2.32. The van der Waals surface area contributed by atoms with Crippen LogP contribution in [-0.2, 0) is 12.8 Å². The molecule has 162 valence electrons. The molecule has 6 nitrogen and oxygen atoms in total. The molecular formula is C18H9F7N4O2.